The molecule has 0 aliphatic heterocycles. The molecule has 1 N–H and O–H groups in total. The van der Waals surface area contributed by atoms with Crippen molar-refractivity contribution in [3.63, 3.8) is 0 Å². The first-order valence-electron chi connectivity index (χ1n) is 18.9. The first-order valence-corrected chi connectivity index (χ1v) is 18.9. The Bertz CT molecular complexity index is 1410. The number of ether oxygens (including phenoxy) is 2. The van der Waals surface area contributed by atoms with Crippen molar-refractivity contribution in [2.45, 2.75) is 170 Å². The zero-order valence-corrected chi connectivity index (χ0v) is 31.7. The Balaban J connectivity index is 1.93. The van der Waals surface area contributed by atoms with Crippen LogP contribution in [0, 0.1) is 0 Å². The molecule has 0 saturated heterocycles. The quantitative estimate of drug-likeness (QED) is 0.133. The van der Waals surface area contributed by atoms with Gasteiger partial charge in [-0.1, -0.05) is 104 Å². The number of aryl methyl sites for hydroxylation is 2. The zero-order valence-electron chi connectivity index (χ0n) is 31.7. The lowest BCUT2D eigenvalue weighted by molar-refractivity contribution is 0.101. The van der Waals surface area contributed by atoms with Gasteiger partial charge in [-0.2, -0.15) is 0 Å². The van der Waals surface area contributed by atoms with Crippen molar-refractivity contribution in [1.82, 2.24) is 0 Å². The summed E-state index contributed by atoms with van der Waals surface area (Å²) >= 11 is 0. The maximum absolute atomic E-state index is 11.2. The smallest absolute Gasteiger partial charge is 0.123 e. The highest BCUT2D eigenvalue weighted by Crippen LogP contribution is 2.37. The molecule has 0 unspecified atom stereocenters. The zero-order chi connectivity index (χ0) is 34.6. The van der Waals surface area contributed by atoms with Gasteiger partial charge >= 0.3 is 0 Å². The molecule has 0 fully saturated rings. The summed E-state index contributed by atoms with van der Waals surface area (Å²) in [5.41, 5.74) is 9.75. The Morgan fingerprint density at radius 3 is 1.28 bits per heavy atom. The minimum atomic E-state index is -0.519. The van der Waals surface area contributed by atoms with E-state index in [1.807, 2.05) is 12.1 Å². The minimum absolute atomic E-state index is 0.328. The predicted octanol–water partition coefficient (Wildman–Crippen LogP) is 11.9. The summed E-state index contributed by atoms with van der Waals surface area (Å²) < 4.78 is 13.8. The van der Waals surface area contributed by atoms with Crippen molar-refractivity contribution in [3.8, 4) is 17.2 Å². The van der Waals surface area contributed by atoms with Gasteiger partial charge in [0.05, 0.1) is 0 Å². The van der Waals surface area contributed by atoms with E-state index in [9.17, 15) is 5.11 Å². The van der Waals surface area contributed by atoms with E-state index in [2.05, 4.69) is 99.6 Å². The second kappa shape index (κ2) is 18.0. The fourth-order valence-electron chi connectivity index (χ4n) is 7.35. The van der Waals surface area contributed by atoms with Crippen molar-refractivity contribution in [2.75, 3.05) is 0 Å². The highest BCUT2D eigenvalue weighted by molar-refractivity contribution is 5.48. The molecule has 0 aliphatic rings. The van der Waals surface area contributed by atoms with E-state index in [0.29, 0.717) is 18.6 Å². The molecule has 0 radical (unpaired) electrons. The van der Waals surface area contributed by atoms with Crippen LogP contribution in [0.5, 0.6) is 17.2 Å². The van der Waals surface area contributed by atoms with E-state index in [0.717, 1.165) is 99.7 Å². The molecule has 47 heavy (non-hydrogen) atoms. The highest BCUT2D eigenvalue weighted by atomic mass is 16.5. The topological polar surface area (TPSA) is 38.7 Å². The highest BCUT2D eigenvalue weighted by Gasteiger charge is 2.30. The van der Waals surface area contributed by atoms with Gasteiger partial charge in [-0.25, -0.2) is 0 Å². The second-order valence-corrected chi connectivity index (χ2v) is 14.9. The first-order chi connectivity index (χ1) is 22.4. The molecule has 0 amide bonds. The molecular weight excluding hydrogens is 576 g/mol. The SMILES string of the molecule is CCCc1ccc(OC(C)(C)Cc2cccc(O)c2CC(C)(C)Oc2ccc(CCC)c(CCC)c2CCC)c(CCC)c1CCC. The summed E-state index contributed by atoms with van der Waals surface area (Å²) in [6.45, 7) is 22.3. The van der Waals surface area contributed by atoms with E-state index in [4.69, 9.17) is 9.47 Å². The molecule has 3 heteroatoms. The minimum Gasteiger partial charge on any atom is -0.508 e. The summed E-state index contributed by atoms with van der Waals surface area (Å²) in [6.07, 6.45) is 14.5. The molecule has 0 aliphatic carbocycles. The van der Waals surface area contributed by atoms with Gasteiger partial charge in [0.25, 0.3) is 0 Å². The van der Waals surface area contributed by atoms with Crippen LogP contribution in [0.3, 0.4) is 0 Å². The van der Waals surface area contributed by atoms with Crippen molar-refractivity contribution >= 4 is 0 Å². The number of hydrogen-bond donors (Lipinski definition) is 1. The number of benzene rings is 3. The van der Waals surface area contributed by atoms with Crippen LogP contribution in [0.2, 0.25) is 0 Å². The van der Waals surface area contributed by atoms with Crippen molar-refractivity contribution in [1.29, 1.82) is 0 Å². The first kappa shape index (κ1) is 38.5. The standard InChI is InChI=1S/C44H66O3/c1-11-18-32-26-28-41(37(22-15-5)35(32)20-13-3)46-43(7,8)30-34-24-17-25-40(45)39(34)31-44(9,10)47-42-29-27-33(19-12-2)36(21-14-4)38(42)23-16-6/h17,24-29,45H,11-16,18-23,30-31H2,1-10H3. The van der Waals surface area contributed by atoms with Crippen LogP contribution in [0.1, 0.15) is 152 Å². The number of rotatable bonds is 20. The van der Waals surface area contributed by atoms with Crippen LogP contribution in [-0.4, -0.2) is 16.3 Å². The number of phenols is 1. The van der Waals surface area contributed by atoms with Gasteiger partial charge in [-0.3, -0.25) is 0 Å². The third-order valence-corrected chi connectivity index (χ3v) is 9.25. The van der Waals surface area contributed by atoms with Crippen LogP contribution in [0.15, 0.2) is 42.5 Å². The number of phenolic OH excluding ortho intramolecular Hbond substituents is 1. The molecule has 0 atom stereocenters. The Hall–Kier alpha value is -2.94. The normalized spacial score (nSPS) is 12.0. The van der Waals surface area contributed by atoms with Crippen LogP contribution in [0.4, 0.5) is 0 Å². The van der Waals surface area contributed by atoms with Crippen molar-refractivity contribution in [3.05, 3.63) is 87.0 Å². The van der Waals surface area contributed by atoms with E-state index in [-0.39, 0.29) is 0 Å². The maximum atomic E-state index is 11.2. The lowest BCUT2D eigenvalue weighted by Gasteiger charge is -2.32. The number of hydrogen-bond acceptors (Lipinski definition) is 3. The monoisotopic (exact) mass is 643 g/mol. The summed E-state index contributed by atoms with van der Waals surface area (Å²) in [5.74, 6) is 2.34. The third-order valence-electron chi connectivity index (χ3n) is 9.25. The van der Waals surface area contributed by atoms with Gasteiger partial charge in [-0.05, 0) is 123 Å². The molecule has 3 rings (SSSR count). The van der Waals surface area contributed by atoms with E-state index < -0.39 is 11.2 Å². The molecule has 3 nitrogen and oxygen atoms in total. The van der Waals surface area contributed by atoms with Crippen LogP contribution in [0.25, 0.3) is 0 Å². The Morgan fingerprint density at radius 1 is 0.447 bits per heavy atom. The van der Waals surface area contributed by atoms with Crippen LogP contribution < -0.4 is 9.47 Å². The van der Waals surface area contributed by atoms with Gasteiger partial charge in [0.2, 0.25) is 0 Å². The maximum Gasteiger partial charge on any atom is 0.123 e. The van der Waals surface area contributed by atoms with Gasteiger partial charge in [-0.15, -0.1) is 0 Å². The van der Waals surface area contributed by atoms with Crippen LogP contribution in [-0.2, 0) is 51.4 Å². The van der Waals surface area contributed by atoms with Crippen LogP contribution >= 0.6 is 0 Å². The van der Waals surface area contributed by atoms with Crippen molar-refractivity contribution in [2.24, 2.45) is 0 Å². The van der Waals surface area contributed by atoms with Gasteiger partial charge in [0, 0.05) is 18.4 Å². The summed E-state index contributed by atoms with van der Waals surface area (Å²) in [4.78, 5) is 0. The summed E-state index contributed by atoms with van der Waals surface area (Å²) in [6, 6.07) is 14.9. The lowest BCUT2D eigenvalue weighted by Crippen LogP contribution is -2.34. The predicted molar refractivity (Wildman–Crippen MR) is 202 cm³/mol. The molecule has 3 aromatic carbocycles. The lowest BCUT2D eigenvalue weighted by atomic mass is 9.87. The van der Waals surface area contributed by atoms with Gasteiger partial charge in [0.1, 0.15) is 28.5 Å². The Kier molecular flexibility index (Phi) is 14.7. The van der Waals surface area contributed by atoms with E-state index in [1.54, 1.807) is 0 Å². The second-order valence-electron chi connectivity index (χ2n) is 14.9. The average molecular weight is 643 g/mol. The molecular formula is C44H66O3. The summed E-state index contributed by atoms with van der Waals surface area (Å²) in [7, 11) is 0. The fraction of sp³-hybridized carbons (Fsp3) is 0.591. The Morgan fingerprint density at radius 2 is 0.851 bits per heavy atom. The molecule has 0 saturated carbocycles. The fourth-order valence-corrected chi connectivity index (χ4v) is 7.35. The average Bonchev–Trinajstić information content (AvgIpc) is 3.00. The summed E-state index contributed by atoms with van der Waals surface area (Å²) in [5, 5.41) is 11.2. The largest absolute Gasteiger partial charge is 0.508 e. The molecule has 0 spiro atoms. The number of aromatic hydroxyl groups is 1. The molecule has 260 valence electrons. The molecule has 0 aromatic heterocycles. The molecule has 3 aromatic rings. The molecule has 0 heterocycles. The van der Waals surface area contributed by atoms with E-state index >= 15 is 0 Å². The van der Waals surface area contributed by atoms with Crippen molar-refractivity contribution < 1.29 is 14.6 Å². The van der Waals surface area contributed by atoms with E-state index in [1.165, 1.54) is 33.4 Å². The van der Waals surface area contributed by atoms with Gasteiger partial charge < -0.3 is 14.6 Å². The van der Waals surface area contributed by atoms with Gasteiger partial charge in [0.15, 0.2) is 0 Å². The molecule has 0 bridgehead atoms. The third kappa shape index (κ3) is 10.5. The Labute approximate surface area is 288 Å².